The SMILES string of the molecule is Nc1nc(C2CC(NC(=O)c3nc4ccccc4[nH]c3=O)C2)cc(=O)[nH]1. The minimum absolute atomic E-state index is 0.0488. The molecule has 1 amide bonds. The Balaban J connectivity index is 1.46. The summed E-state index contributed by atoms with van der Waals surface area (Å²) in [6, 6.07) is 8.32. The van der Waals surface area contributed by atoms with Crippen molar-refractivity contribution < 1.29 is 4.79 Å². The zero-order valence-corrected chi connectivity index (χ0v) is 13.7. The lowest BCUT2D eigenvalue weighted by Gasteiger charge is -2.35. The fourth-order valence-corrected chi connectivity index (χ4v) is 3.12. The summed E-state index contributed by atoms with van der Waals surface area (Å²) < 4.78 is 0. The number of carbonyl (C=O) groups excluding carboxylic acids is 1. The number of benzene rings is 1. The predicted molar refractivity (Wildman–Crippen MR) is 94.9 cm³/mol. The molecule has 2 aromatic heterocycles. The van der Waals surface area contributed by atoms with Crippen LogP contribution in [-0.4, -0.2) is 31.9 Å². The van der Waals surface area contributed by atoms with Crippen molar-refractivity contribution >= 4 is 22.9 Å². The van der Waals surface area contributed by atoms with Gasteiger partial charge in [0, 0.05) is 18.0 Å². The van der Waals surface area contributed by atoms with Crippen LogP contribution < -0.4 is 22.2 Å². The van der Waals surface area contributed by atoms with Gasteiger partial charge in [-0.25, -0.2) is 9.97 Å². The molecule has 4 rings (SSSR count). The third-order valence-corrected chi connectivity index (χ3v) is 4.49. The Bertz CT molecular complexity index is 1110. The first kappa shape index (κ1) is 16.0. The van der Waals surface area contributed by atoms with E-state index >= 15 is 0 Å². The van der Waals surface area contributed by atoms with Gasteiger partial charge in [0.1, 0.15) is 0 Å². The fraction of sp³-hybridized carbons (Fsp3) is 0.235. The highest BCUT2D eigenvalue weighted by Gasteiger charge is 2.33. The molecule has 3 aromatic rings. The summed E-state index contributed by atoms with van der Waals surface area (Å²) in [6.07, 6.45) is 1.24. The van der Waals surface area contributed by atoms with E-state index < -0.39 is 11.5 Å². The van der Waals surface area contributed by atoms with Crippen LogP contribution >= 0.6 is 0 Å². The number of rotatable bonds is 3. The number of aromatic nitrogens is 4. The number of carbonyl (C=O) groups is 1. The lowest BCUT2D eigenvalue weighted by atomic mass is 9.78. The molecule has 1 aliphatic carbocycles. The summed E-state index contributed by atoms with van der Waals surface area (Å²) >= 11 is 0. The topological polar surface area (TPSA) is 147 Å². The molecule has 9 heteroatoms. The van der Waals surface area contributed by atoms with E-state index in [2.05, 4.69) is 25.3 Å². The van der Waals surface area contributed by atoms with E-state index in [0.717, 1.165) is 0 Å². The van der Waals surface area contributed by atoms with Crippen LogP contribution in [0.15, 0.2) is 39.9 Å². The highest BCUT2D eigenvalue weighted by molar-refractivity contribution is 5.93. The molecule has 0 unspecified atom stereocenters. The molecule has 26 heavy (non-hydrogen) atoms. The number of para-hydroxylation sites is 2. The van der Waals surface area contributed by atoms with Crippen molar-refractivity contribution in [3.63, 3.8) is 0 Å². The second-order valence-electron chi connectivity index (χ2n) is 6.33. The van der Waals surface area contributed by atoms with Crippen molar-refractivity contribution in [2.45, 2.75) is 24.8 Å². The molecule has 1 aromatic carbocycles. The Morgan fingerprint density at radius 3 is 2.69 bits per heavy atom. The molecule has 9 nitrogen and oxygen atoms in total. The molecular weight excluding hydrogens is 336 g/mol. The molecule has 0 bridgehead atoms. The number of H-pyrrole nitrogens is 2. The van der Waals surface area contributed by atoms with Crippen LogP contribution in [0.3, 0.4) is 0 Å². The molecule has 0 saturated heterocycles. The number of nitrogens with one attached hydrogen (secondary N) is 3. The van der Waals surface area contributed by atoms with Crippen LogP contribution in [-0.2, 0) is 0 Å². The van der Waals surface area contributed by atoms with Gasteiger partial charge in [-0.05, 0) is 25.0 Å². The van der Waals surface area contributed by atoms with E-state index in [1.54, 1.807) is 24.3 Å². The largest absolute Gasteiger partial charge is 0.369 e. The van der Waals surface area contributed by atoms with Crippen LogP contribution in [0.2, 0.25) is 0 Å². The van der Waals surface area contributed by atoms with Gasteiger partial charge in [0.2, 0.25) is 5.95 Å². The van der Waals surface area contributed by atoms with E-state index in [1.165, 1.54) is 6.07 Å². The molecule has 0 aliphatic heterocycles. The molecular formula is C17H16N6O3. The van der Waals surface area contributed by atoms with Gasteiger partial charge in [-0.2, -0.15) is 0 Å². The predicted octanol–water partition coefficient (Wildman–Crippen LogP) is 0.265. The summed E-state index contributed by atoms with van der Waals surface area (Å²) in [7, 11) is 0. The fourth-order valence-electron chi connectivity index (χ4n) is 3.12. The molecule has 5 N–H and O–H groups in total. The lowest BCUT2D eigenvalue weighted by molar-refractivity contribution is 0.0901. The molecule has 1 saturated carbocycles. The first-order valence-electron chi connectivity index (χ1n) is 8.16. The van der Waals surface area contributed by atoms with Crippen LogP contribution in [0.1, 0.15) is 34.9 Å². The van der Waals surface area contributed by atoms with Crippen LogP contribution in [0.5, 0.6) is 0 Å². The third kappa shape index (κ3) is 2.94. The van der Waals surface area contributed by atoms with Crippen molar-refractivity contribution in [3.8, 4) is 0 Å². The summed E-state index contributed by atoms with van der Waals surface area (Å²) in [5.74, 6) is -0.390. The second-order valence-corrected chi connectivity index (χ2v) is 6.33. The Morgan fingerprint density at radius 1 is 1.15 bits per heavy atom. The Labute approximate surface area is 146 Å². The van der Waals surface area contributed by atoms with E-state index in [9.17, 15) is 14.4 Å². The quantitative estimate of drug-likeness (QED) is 0.532. The number of anilines is 1. The molecule has 132 valence electrons. The third-order valence-electron chi connectivity index (χ3n) is 4.49. The van der Waals surface area contributed by atoms with Crippen LogP contribution in [0, 0.1) is 0 Å². The summed E-state index contributed by atoms with van der Waals surface area (Å²) in [5.41, 5.74) is 6.30. The number of nitrogens with zero attached hydrogens (tertiary/aromatic N) is 2. The van der Waals surface area contributed by atoms with Gasteiger partial charge < -0.3 is 16.0 Å². The number of amides is 1. The summed E-state index contributed by atoms with van der Waals surface area (Å²) in [6.45, 7) is 0. The van der Waals surface area contributed by atoms with Gasteiger partial charge in [0.25, 0.3) is 17.0 Å². The van der Waals surface area contributed by atoms with Crippen LogP contribution in [0.4, 0.5) is 5.95 Å². The number of nitrogen functional groups attached to an aromatic ring is 1. The average Bonchev–Trinajstić information content (AvgIpc) is 2.56. The summed E-state index contributed by atoms with van der Waals surface area (Å²) in [4.78, 5) is 49.2. The maximum absolute atomic E-state index is 12.4. The average molecular weight is 352 g/mol. The zero-order valence-electron chi connectivity index (χ0n) is 13.7. The molecule has 1 aliphatic rings. The standard InChI is InChI=1S/C17H16N6O3/c18-17-22-12(7-13(24)23-17)8-5-9(6-8)19-15(25)14-16(26)21-11-4-2-1-3-10(11)20-14/h1-4,7-9H,5-6H2,(H,19,25)(H,21,26)(H3,18,22,23,24). The number of hydrogen-bond acceptors (Lipinski definition) is 6. The highest BCUT2D eigenvalue weighted by Crippen LogP contribution is 2.35. The minimum Gasteiger partial charge on any atom is -0.369 e. The van der Waals surface area contributed by atoms with Crippen molar-refractivity contribution in [2.75, 3.05) is 5.73 Å². The molecule has 2 heterocycles. The first-order chi connectivity index (χ1) is 12.5. The molecule has 0 atom stereocenters. The number of hydrogen-bond donors (Lipinski definition) is 4. The maximum Gasteiger partial charge on any atom is 0.280 e. The van der Waals surface area contributed by atoms with E-state index in [4.69, 9.17) is 5.73 Å². The number of nitrogens with two attached hydrogens (primary N) is 1. The molecule has 1 fully saturated rings. The lowest BCUT2D eigenvalue weighted by Crippen LogP contribution is -2.45. The number of fused-ring (bicyclic) bond motifs is 1. The Kier molecular flexibility index (Phi) is 3.76. The van der Waals surface area contributed by atoms with E-state index in [1.807, 2.05) is 0 Å². The minimum atomic E-state index is -0.527. The highest BCUT2D eigenvalue weighted by atomic mass is 16.2. The van der Waals surface area contributed by atoms with Gasteiger partial charge in [-0.3, -0.25) is 19.4 Å². The van der Waals surface area contributed by atoms with E-state index in [0.29, 0.717) is 29.6 Å². The van der Waals surface area contributed by atoms with Crippen molar-refractivity contribution in [1.82, 2.24) is 25.3 Å². The summed E-state index contributed by atoms with van der Waals surface area (Å²) in [5, 5.41) is 2.80. The Hall–Kier alpha value is -3.49. The van der Waals surface area contributed by atoms with Crippen molar-refractivity contribution in [2.24, 2.45) is 0 Å². The zero-order chi connectivity index (χ0) is 18.3. The van der Waals surface area contributed by atoms with Gasteiger partial charge in [-0.1, -0.05) is 12.1 Å². The van der Waals surface area contributed by atoms with E-state index in [-0.39, 0.29) is 29.2 Å². The monoisotopic (exact) mass is 352 g/mol. The van der Waals surface area contributed by atoms with Gasteiger partial charge in [0.15, 0.2) is 5.69 Å². The first-order valence-corrected chi connectivity index (χ1v) is 8.16. The molecule has 0 radical (unpaired) electrons. The molecule has 0 spiro atoms. The maximum atomic E-state index is 12.4. The van der Waals surface area contributed by atoms with Gasteiger partial charge in [0.05, 0.1) is 16.7 Å². The van der Waals surface area contributed by atoms with Gasteiger partial charge >= 0.3 is 0 Å². The number of aromatic amines is 2. The van der Waals surface area contributed by atoms with Crippen LogP contribution in [0.25, 0.3) is 11.0 Å². The van der Waals surface area contributed by atoms with Crippen molar-refractivity contribution in [3.05, 3.63) is 62.4 Å². The normalized spacial score (nSPS) is 19.1. The van der Waals surface area contributed by atoms with Crippen molar-refractivity contribution in [1.29, 1.82) is 0 Å². The second kappa shape index (κ2) is 6.10. The Morgan fingerprint density at radius 2 is 1.92 bits per heavy atom. The smallest absolute Gasteiger partial charge is 0.280 e. The van der Waals surface area contributed by atoms with Gasteiger partial charge in [-0.15, -0.1) is 0 Å².